The SMILES string of the molecule is C=CC(=O)OCCN(C)CCC=CC=CCC. The molecule has 0 saturated heterocycles. The van der Waals surface area contributed by atoms with E-state index in [-0.39, 0.29) is 5.97 Å². The highest BCUT2D eigenvalue weighted by Crippen LogP contribution is 1.91. The molecule has 0 aromatic heterocycles. The van der Waals surface area contributed by atoms with Crippen LogP contribution >= 0.6 is 0 Å². The van der Waals surface area contributed by atoms with Crippen molar-refractivity contribution in [2.24, 2.45) is 0 Å². The van der Waals surface area contributed by atoms with Crippen LogP contribution in [0.1, 0.15) is 19.8 Å². The van der Waals surface area contributed by atoms with E-state index in [0.717, 1.165) is 25.9 Å². The van der Waals surface area contributed by atoms with Crippen LogP contribution in [0.5, 0.6) is 0 Å². The van der Waals surface area contributed by atoms with Crippen molar-refractivity contribution >= 4 is 5.97 Å². The van der Waals surface area contributed by atoms with Gasteiger partial charge in [0.25, 0.3) is 0 Å². The van der Waals surface area contributed by atoms with Crippen LogP contribution in [0.15, 0.2) is 37.0 Å². The first-order valence-corrected chi connectivity index (χ1v) is 6.00. The van der Waals surface area contributed by atoms with Gasteiger partial charge in [-0.2, -0.15) is 0 Å². The maximum absolute atomic E-state index is 10.8. The van der Waals surface area contributed by atoms with Crippen LogP contribution in [0.2, 0.25) is 0 Å². The molecule has 0 heterocycles. The molecular weight excluding hydrogens is 214 g/mol. The van der Waals surface area contributed by atoms with Gasteiger partial charge in [0.15, 0.2) is 0 Å². The van der Waals surface area contributed by atoms with Gasteiger partial charge in [0.1, 0.15) is 6.61 Å². The van der Waals surface area contributed by atoms with Crippen LogP contribution in [0.4, 0.5) is 0 Å². The Balaban J connectivity index is 3.49. The number of rotatable bonds is 9. The quantitative estimate of drug-likeness (QED) is 0.351. The number of hydrogen-bond acceptors (Lipinski definition) is 3. The summed E-state index contributed by atoms with van der Waals surface area (Å²) in [6, 6.07) is 0. The normalized spacial score (nSPS) is 11.5. The third kappa shape index (κ3) is 10.9. The van der Waals surface area contributed by atoms with Crippen LogP contribution in [0.25, 0.3) is 0 Å². The lowest BCUT2D eigenvalue weighted by Crippen LogP contribution is -2.24. The fourth-order valence-corrected chi connectivity index (χ4v) is 1.16. The predicted octanol–water partition coefficient (Wildman–Crippen LogP) is 2.56. The Bertz CT molecular complexity index is 269. The molecule has 0 N–H and O–H groups in total. The van der Waals surface area contributed by atoms with E-state index in [1.54, 1.807) is 0 Å². The molecule has 0 aliphatic carbocycles. The molecule has 0 aliphatic heterocycles. The van der Waals surface area contributed by atoms with E-state index >= 15 is 0 Å². The van der Waals surface area contributed by atoms with Crippen molar-refractivity contribution < 1.29 is 9.53 Å². The van der Waals surface area contributed by atoms with E-state index in [1.807, 2.05) is 7.05 Å². The van der Waals surface area contributed by atoms with E-state index in [1.165, 1.54) is 6.08 Å². The summed E-state index contributed by atoms with van der Waals surface area (Å²) in [4.78, 5) is 12.9. The second-order valence-electron chi connectivity index (χ2n) is 3.73. The number of likely N-dealkylation sites (N-methyl/N-ethyl adjacent to an activating group) is 1. The molecule has 0 radical (unpaired) electrons. The predicted molar refractivity (Wildman–Crippen MR) is 71.8 cm³/mol. The fourth-order valence-electron chi connectivity index (χ4n) is 1.16. The highest BCUT2D eigenvalue weighted by Gasteiger charge is 1.98. The maximum atomic E-state index is 10.8. The summed E-state index contributed by atoms with van der Waals surface area (Å²) in [5, 5.41) is 0. The third-order valence-electron chi connectivity index (χ3n) is 2.18. The van der Waals surface area contributed by atoms with Gasteiger partial charge in [0, 0.05) is 19.2 Å². The molecule has 96 valence electrons. The molecule has 0 fully saturated rings. The topological polar surface area (TPSA) is 29.5 Å². The van der Waals surface area contributed by atoms with Crippen LogP contribution in [-0.4, -0.2) is 37.6 Å². The van der Waals surface area contributed by atoms with Gasteiger partial charge < -0.3 is 9.64 Å². The lowest BCUT2D eigenvalue weighted by atomic mass is 10.3. The van der Waals surface area contributed by atoms with Gasteiger partial charge in [-0.05, 0) is 19.9 Å². The monoisotopic (exact) mass is 237 g/mol. The highest BCUT2D eigenvalue weighted by atomic mass is 16.5. The molecule has 0 rings (SSSR count). The molecule has 0 aromatic rings. The lowest BCUT2D eigenvalue weighted by Gasteiger charge is -2.14. The van der Waals surface area contributed by atoms with Crippen LogP contribution < -0.4 is 0 Å². The van der Waals surface area contributed by atoms with Gasteiger partial charge in [0.05, 0.1) is 0 Å². The minimum absolute atomic E-state index is 0.358. The summed E-state index contributed by atoms with van der Waals surface area (Å²) in [7, 11) is 2.01. The molecule has 0 spiro atoms. The molecule has 0 atom stereocenters. The summed E-state index contributed by atoms with van der Waals surface area (Å²) in [5.41, 5.74) is 0. The van der Waals surface area contributed by atoms with Gasteiger partial charge in [-0.25, -0.2) is 4.79 Å². The number of ether oxygens (including phenoxy) is 1. The third-order valence-corrected chi connectivity index (χ3v) is 2.18. The first kappa shape index (κ1) is 15.7. The number of nitrogens with zero attached hydrogens (tertiary/aromatic N) is 1. The average Bonchev–Trinajstić information content (AvgIpc) is 2.33. The molecule has 17 heavy (non-hydrogen) atoms. The fraction of sp³-hybridized carbons (Fsp3) is 0.500. The van der Waals surface area contributed by atoms with Crippen LogP contribution in [0, 0.1) is 0 Å². The zero-order chi connectivity index (χ0) is 12.9. The summed E-state index contributed by atoms with van der Waals surface area (Å²) in [6.45, 7) is 7.58. The Hall–Kier alpha value is -1.35. The molecule has 0 aromatic carbocycles. The zero-order valence-electron chi connectivity index (χ0n) is 10.9. The second kappa shape index (κ2) is 11.1. The van der Waals surface area contributed by atoms with Crippen molar-refractivity contribution in [2.45, 2.75) is 19.8 Å². The van der Waals surface area contributed by atoms with Crippen LogP contribution in [-0.2, 0) is 9.53 Å². The first-order valence-electron chi connectivity index (χ1n) is 6.00. The van der Waals surface area contributed by atoms with E-state index in [0.29, 0.717) is 6.61 Å². The zero-order valence-corrected chi connectivity index (χ0v) is 10.9. The molecule has 0 aliphatic rings. The molecular formula is C14H23NO2. The van der Waals surface area contributed by atoms with Crippen molar-refractivity contribution in [1.82, 2.24) is 4.90 Å². The standard InChI is InChI=1S/C14H23NO2/c1-4-6-7-8-9-10-11-15(3)12-13-17-14(16)5-2/h5-9H,2,4,10-13H2,1,3H3. The summed E-state index contributed by atoms with van der Waals surface area (Å²) < 4.78 is 4.89. The molecule has 0 saturated carbocycles. The molecule has 0 amide bonds. The van der Waals surface area contributed by atoms with Gasteiger partial charge in [-0.15, -0.1) is 0 Å². The number of hydrogen-bond donors (Lipinski definition) is 0. The maximum Gasteiger partial charge on any atom is 0.330 e. The molecule has 3 heteroatoms. The van der Waals surface area contributed by atoms with E-state index in [9.17, 15) is 4.79 Å². The number of carbonyl (C=O) groups excluding carboxylic acids is 1. The van der Waals surface area contributed by atoms with E-state index in [2.05, 4.69) is 42.7 Å². The Kier molecular flexibility index (Phi) is 10.3. The Morgan fingerprint density at radius 2 is 2.00 bits per heavy atom. The van der Waals surface area contributed by atoms with Gasteiger partial charge >= 0.3 is 5.97 Å². The van der Waals surface area contributed by atoms with Crippen LogP contribution in [0.3, 0.4) is 0 Å². The smallest absolute Gasteiger partial charge is 0.330 e. The Morgan fingerprint density at radius 3 is 2.65 bits per heavy atom. The summed E-state index contributed by atoms with van der Waals surface area (Å²) in [5.74, 6) is -0.358. The highest BCUT2D eigenvalue weighted by molar-refractivity contribution is 5.81. The van der Waals surface area contributed by atoms with Crippen molar-refractivity contribution in [3.8, 4) is 0 Å². The molecule has 0 bridgehead atoms. The lowest BCUT2D eigenvalue weighted by molar-refractivity contribution is -0.138. The van der Waals surface area contributed by atoms with Gasteiger partial charge in [-0.1, -0.05) is 37.8 Å². The van der Waals surface area contributed by atoms with E-state index < -0.39 is 0 Å². The minimum Gasteiger partial charge on any atom is -0.461 e. The Morgan fingerprint density at radius 1 is 1.29 bits per heavy atom. The largest absolute Gasteiger partial charge is 0.461 e. The van der Waals surface area contributed by atoms with Gasteiger partial charge in [0.2, 0.25) is 0 Å². The molecule has 3 nitrogen and oxygen atoms in total. The summed E-state index contributed by atoms with van der Waals surface area (Å²) >= 11 is 0. The van der Waals surface area contributed by atoms with Crippen molar-refractivity contribution in [2.75, 3.05) is 26.7 Å². The minimum atomic E-state index is -0.358. The van der Waals surface area contributed by atoms with Crippen molar-refractivity contribution in [1.29, 1.82) is 0 Å². The second-order valence-corrected chi connectivity index (χ2v) is 3.73. The van der Waals surface area contributed by atoms with Crippen molar-refractivity contribution in [3.63, 3.8) is 0 Å². The molecule has 0 unspecified atom stereocenters. The van der Waals surface area contributed by atoms with Gasteiger partial charge in [-0.3, -0.25) is 0 Å². The number of allylic oxidation sites excluding steroid dienone is 3. The first-order chi connectivity index (χ1) is 8.20. The van der Waals surface area contributed by atoms with Crippen molar-refractivity contribution in [3.05, 3.63) is 37.0 Å². The Labute approximate surface area is 104 Å². The number of carbonyl (C=O) groups is 1. The average molecular weight is 237 g/mol. The summed E-state index contributed by atoms with van der Waals surface area (Å²) in [6.07, 6.45) is 11.6. The van der Waals surface area contributed by atoms with E-state index in [4.69, 9.17) is 4.74 Å². The number of esters is 1.